The van der Waals surface area contributed by atoms with Crippen molar-refractivity contribution in [3.05, 3.63) is 11.5 Å². The summed E-state index contributed by atoms with van der Waals surface area (Å²) in [6, 6.07) is -0.279. The molecule has 1 amide bonds. The average Bonchev–Trinajstić information content (AvgIpc) is 2.06. The van der Waals surface area contributed by atoms with E-state index in [-0.39, 0.29) is 6.04 Å². The van der Waals surface area contributed by atoms with Crippen molar-refractivity contribution in [2.24, 2.45) is 5.92 Å². The van der Waals surface area contributed by atoms with E-state index in [9.17, 15) is 13.2 Å². The van der Waals surface area contributed by atoms with Gasteiger partial charge in [0.15, 0.2) is 9.84 Å². The molecule has 1 saturated carbocycles. The van der Waals surface area contributed by atoms with Crippen LogP contribution >= 0.6 is 0 Å². The molecule has 6 heteroatoms. The highest BCUT2D eigenvalue weighted by molar-refractivity contribution is 7.93. The van der Waals surface area contributed by atoms with Gasteiger partial charge in [-0.1, -0.05) is 12.5 Å². The number of carbonyl (C=O) groups excluding carboxylic acids is 1. The van der Waals surface area contributed by atoms with E-state index in [4.69, 9.17) is 4.74 Å². The third-order valence-electron chi connectivity index (χ3n) is 2.87. The molecule has 0 radical (unpaired) electrons. The Hall–Kier alpha value is -1.04. The minimum Gasteiger partial charge on any atom is -0.444 e. The van der Waals surface area contributed by atoms with Crippen molar-refractivity contribution >= 4 is 15.9 Å². The molecule has 0 aromatic carbocycles. The van der Waals surface area contributed by atoms with Crippen LogP contribution in [0.2, 0.25) is 0 Å². The second kappa shape index (κ2) is 5.94. The van der Waals surface area contributed by atoms with Gasteiger partial charge in [0.1, 0.15) is 5.60 Å². The minimum atomic E-state index is -3.18. The van der Waals surface area contributed by atoms with Gasteiger partial charge in [0.25, 0.3) is 0 Å². The lowest BCUT2D eigenvalue weighted by Crippen LogP contribution is -2.44. The monoisotopic (exact) mass is 289 g/mol. The van der Waals surface area contributed by atoms with E-state index >= 15 is 0 Å². The number of carbonyl (C=O) groups is 1. The van der Waals surface area contributed by atoms with Crippen LogP contribution in [0.15, 0.2) is 11.5 Å². The maximum absolute atomic E-state index is 11.7. The number of amides is 1. The molecule has 1 aliphatic rings. The van der Waals surface area contributed by atoms with Gasteiger partial charge in [-0.3, -0.25) is 0 Å². The van der Waals surface area contributed by atoms with Gasteiger partial charge in [0.2, 0.25) is 0 Å². The number of nitrogens with one attached hydrogen (secondary N) is 1. The van der Waals surface area contributed by atoms with Gasteiger partial charge in [-0.05, 0) is 39.5 Å². The summed E-state index contributed by atoms with van der Waals surface area (Å²) in [5.41, 5.74) is -0.561. The summed E-state index contributed by atoms with van der Waals surface area (Å²) in [7, 11) is -3.18. The van der Waals surface area contributed by atoms with Crippen molar-refractivity contribution in [3.8, 4) is 0 Å². The van der Waals surface area contributed by atoms with Crippen molar-refractivity contribution in [3.63, 3.8) is 0 Å². The summed E-state index contributed by atoms with van der Waals surface area (Å²) in [6.45, 7) is 5.37. The van der Waals surface area contributed by atoms with Crippen molar-refractivity contribution in [2.75, 3.05) is 6.26 Å². The van der Waals surface area contributed by atoms with Crippen LogP contribution in [0, 0.1) is 5.92 Å². The Morgan fingerprint density at radius 2 is 1.95 bits per heavy atom. The Morgan fingerprint density at radius 3 is 2.32 bits per heavy atom. The fourth-order valence-electron chi connectivity index (χ4n) is 1.79. The fraction of sp³-hybridized carbons (Fsp3) is 0.769. The van der Waals surface area contributed by atoms with E-state index in [1.165, 1.54) is 0 Å². The molecule has 19 heavy (non-hydrogen) atoms. The summed E-state index contributed by atoms with van der Waals surface area (Å²) in [5.74, 6) is 0.297. The molecule has 0 unspecified atom stereocenters. The first-order chi connectivity index (χ1) is 8.57. The lowest BCUT2D eigenvalue weighted by atomic mass is 9.80. The molecule has 1 N–H and O–H groups in total. The molecule has 1 atom stereocenters. The van der Waals surface area contributed by atoms with Gasteiger partial charge >= 0.3 is 6.09 Å². The molecule has 0 bridgehead atoms. The second-order valence-electron chi connectivity index (χ2n) is 6.02. The number of hydrogen-bond donors (Lipinski definition) is 1. The van der Waals surface area contributed by atoms with Gasteiger partial charge in [0.05, 0.1) is 6.04 Å². The van der Waals surface area contributed by atoms with Crippen LogP contribution in [-0.2, 0) is 14.6 Å². The van der Waals surface area contributed by atoms with Gasteiger partial charge in [0, 0.05) is 11.7 Å². The van der Waals surface area contributed by atoms with Gasteiger partial charge in [-0.25, -0.2) is 13.2 Å². The summed E-state index contributed by atoms with van der Waals surface area (Å²) in [5, 5.41) is 3.88. The van der Waals surface area contributed by atoms with Crippen molar-refractivity contribution < 1.29 is 17.9 Å². The molecule has 1 rings (SSSR count). The normalized spacial score (nSPS) is 18.9. The molecule has 0 saturated heterocycles. The Morgan fingerprint density at radius 1 is 1.37 bits per heavy atom. The molecule has 1 fully saturated rings. The van der Waals surface area contributed by atoms with Crippen molar-refractivity contribution in [1.29, 1.82) is 0 Å². The van der Waals surface area contributed by atoms with Crippen LogP contribution in [0.4, 0.5) is 4.79 Å². The molecule has 0 aromatic rings. The summed E-state index contributed by atoms with van der Waals surface area (Å²) < 4.78 is 27.5. The smallest absolute Gasteiger partial charge is 0.408 e. The quantitative estimate of drug-likeness (QED) is 0.861. The van der Waals surface area contributed by atoms with Crippen LogP contribution < -0.4 is 5.32 Å². The fourth-order valence-corrected chi connectivity index (χ4v) is 2.25. The minimum absolute atomic E-state index is 0.279. The Labute approximate surface area is 115 Å². The van der Waals surface area contributed by atoms with Crippen LogP contribution in [0.5, 0.6) is 0 Å². The summed E-state index contributed by atoms with van der Waals surface area (Å²) in [4.78, 5) is 11.7. The Balaban J connectivity index is 2.65. The SMILES string of the molecule is CC(C)(C)OC(=O)N[C@H](/C=C/S(C)(=O)=O)C1CCC1. The molecule has 0 spiro atoms. The van der Waals surface area contributed by atoms with E-state index in [1.54, 1.807) is 26.8 Å². The lowest BCUT2D eigenvalue weighted by Gasteiger charge is -2.33. The van der Waals surface area contributed by atoms with E-state index in [0.29, 0.717) is 5.92 Å². The molecular weight excluding hydrogens is 266 g/mol. The number of sulfone groups is 1. The predicted molar refractivity (Wildman–Crippen MR) is 74.5 cm³/mol. The molecule has 1 aliphatic carbocycles. The van der Waals surface area contributed by atoms with E-state index in [1.807, 2.05) is 0 Å². The third-order valence-corrected chi connectivity index (χ3v) is 3.53. The number of ether oxygens (including phenoxy) is 1. The maximum atomic E-state index is 11.7. The van der Waals surface area contributed by atoms with E-state index in [0.717, 1.165) is 30.9 Å². The first-order valence-electron chi connectivity index (χ1n) is 6.44. The Kier molecular flexibility index (Phi) is 5.01. The zero-order valence-electron chi connectivity index (χ0n) is 12.0. The van der Waals surface area contributed by atoms with E-state index in [2.05, 4.69) is 5.32 Å². The number of rotatable bonds is 4. The van der Waals surface area contributed by atoms with Crippen LogP contribution in [0.1, 0.15) is 40.0 Å². The molecule has 0 aromatic heterocycles. The van der Waals surface area contributed by atoms with Crippen LogP contribution in [0.25, 0.3) is 0 Å². The highest BCUT2D eigenvalue weighted by atomic mass is 32.2. The lowest BCUT2D eigenvalue weighted by molar-refractivity contribution is 0.0485. The standard InChI is InChI=1S/C13H23NO4S/c1-13(2,3)18-12(15)14-11(10-6-5-7-10)8-9-19(4,16)17/h8-11H,5-7H2,1-4H3,(H,14,15)/b9-8+/t11-/m1/s1. The third kappa shape index (κ3) is 6.61. The molecule has 0 aliphatic heterocycles. The molecular formula is C13H23NO4S. The molecule has 110 valence electrons. The average molecular weight is 289 g/mol. The first kappa shape index (κ1) is 16.0. The first-order valence-corrected chi connectivity index (χ1v) is 8.40. The molecule has 0 heterocycles. The Bertz CT molecular complexity index is 444. The van der Waals surface area contributed by atoms with Crippen molar-refractivity contribution in [1.82, 2.24) is 5.32 Å². The highest BCUT2D eigenvalue weighted by Gasteiger charge is 2.28. The highest BCUT2D eigenvalue weighted by Crippen LogP contribution is 2.30. The predicted octanol–water partition coefficient (Wildman–Crippen LogP) is 2.24. The zero-order chi connectivity index (χ0) is 14.7. The van der Waals surface area contributed by atoms with Gasteiger partial charge < -0.3 is 10.1 Å². The second-order valence-corrected chi connectivity index (χ2v) is 7.95. The summed E-state index contributed by atoms with van der Waals surface area (Å²) >= 11 is 0. The van der Waals surface area contributed by atoms with Gasteiger partial charge in [-0.15, -0.1) is 0 Å². The number of alkyl carbamates (subject to hydrolysis) is 1. The topological polar surface area (TPSA) is 72.5 Å². The van der Waals surface area contributed by atoms with Crippen LogP contribution in [-0.4, -0.2) is 32.4 Å². The van der Waals surface area contributed by atoms with E-state index < -0.39 is 21.5 Å². The van der Waals surface area contributed by atoms with Gasteiger partial charge in [-0.2, -0.15) is 0 Å². The van der Waals surface area contributed by atoms with Crippen molar-refractivity contribution in [2.45, 2.75) is 51.7 Å². The zero-order valence-corrected chi connectivity index (χ0v) is 12.8. The van der Waals surface area contributed by atoms with Crippen LogP contribution in [0.3, 0.4) is 0 Å². The number of hydrogen-bond acceptors (Lipinski definition) is 4. The summed E-state index contributed by atoms with van der Waals surface area (Å²) in [6.07, 6.45) is 5.27. The largest absolute Gasteiger partial charge is 0.444 e. The maximum Gasteiger partial charge on any atom is 0.408 e. The molecule has 5 nitrogen and oxygen atoms in total.